The Kier molecular flexibility index (Phi) is 10.2. The van der Waals surface area contributed by atoms with Crippen LogP contribution in [0.1, 0.15) is 42.5 Å². The Hall–Kier alpha value is -1.08. The lowest BCUT2D eigenvalue weighted by Crippen LogP contribution is -2.41. The van der Waals surface area contributed by atoms with E-state index in [-0.39, 0.29) is 36.8 Å². The highest BCUT2D eigenvalue weighted by molar-refractivity contribution is 5.99. The zero-order valence-corrected chi connectivity index (χ0v) is 16.8. The molecule has 8 heteroatoms. The minimum Gasteiger partial charge on any atom is -0.378 e. The number of rotatable bonds is 6. The van der Waals surface area contributed by atoms with E-state index in [1.807, 2.05) is 17.0 Å². The largest absolute Gasteiger partial charge is 0.378 e. The molecular formula is C18H30Cl2N4O2. The molecule has 1 aromatic heterocycles. The summed E-state index contributed by atoms with van der Waals surface area (Å²) in [5, 5.41) is 0. The third kappa shape index (κ3) is 5.71. The zero-order chi connectivity index (χ0) is 16.8. The molecule has 1 amide bonds. The average molecular weight is 405 g/mol. The van der Waals surface area contributed by atoms with Crippen LogP contribution in [0.15, 0.2) is 18.3 Å². The Morgan fingerprint density at radius 1 is 1.19 bits per heavy atom. The van der Waals surface area contributed by atoms with Crippen molar-refractivity contribution < 1.29 is 9.53 Å². The summed E-state index contributed by atoms with van der Waals surface area (Å²) in [6, 6.07) is 3.77. The standard InChI is InChI=1S/C18H28N4O2.2ClH/c19-8-4-14-24-15-6-12-22(13-7-15)18(23)16-5-3-9-20-17(16)21-10-1-2-11-21;;/h3,5,9,15H,1-2,4,6-8,10-14,19H2;2*1H. The lowest BCUT2D eigenvalue weighted by molar-refractivity contribution is 0.00846. The molecule has 6 nitrogen and oxygen atoms in total. The van der Waals surface area contributed by atoms with Gasteiger partial charge in [-0.1, -0.05) is 0 Å². The molecule has 0 aromatic carbocycles. The maximum Gasteiger partial charge on any atom is 0.257 e. The molecule has 3 heterocycles. The van der Waals surface area contributed by atoms with Crippen LogP contribution in [-0.2, 0) is 4.74 Å². The van der Waals surface area contributed by atoms with Crippen LogP contribution in [0, 0.1) is 0 Å². The van der Waals surface area contributed by atoms with Crippen LogP contribution in [0.4, 0.5) is 5.82 Å². The van der Waals surface area contributed by atoms with Crippen LogP contribution in [0.25, 0.3) is 0 Å². The smallest absolute Gasteiger partial charge is 0.257 e. The fraction of sp³-hybridized carbons (Fsp3) is 0.667. The van der Waals surface area contributed by atoms with Crippen molar-refractivity contribution in [2.45, 2.75) is 38.2 Å². The van der Waals surface area contributed by atoms with Gasteiger partial charge in [-0.2, -0.15) is 0 Å². The molecule has 0 radical (unpaired) electrons. The summed E-state index contributed by atoms with van der Waals surface area (Å²) in [4.78, 5) is 21.6. The molecular weight excluding hydrogens is 375 g/mol. The van der Waals surface area contributed by atoms with E-state index < -0.39 is 0 Å². The molecule has 1 aromatic rings. The maximum atomic E-state index is 12.9. The SMILES string of the molecule is Cl.Cl.NCCCOC1CCN(C(=O)c2cccnc2N2CCCC2)CC1. The molecule has 2 aliphatic heterocycles. The molecule has 3 rings (SSSR count). The molecule has 2 aliphatic rings. The average Bonchev–Trinajstić information content (AvgIpc) is 3.16. The number of hydrogen-bond donors (Lipinski definition) is 1. The predicted octanol–water partition coefficient (Wildman–Crippen LogP) is 2.50. The number of likely N-dealkylation sites (tertiary alicyclic amines) is 1. The Balaban J connectivity index is 0.00000169. The second-order valence-electron chi connectivity index (χ2n) is 6.57. The van der Waals surface area contributed by atoms with Gasteiger partial charge >= 0.3 is 0 Å². The number of halogens is 2. The predicted molar refractivity (Wildman–Crippen MR) is 109 cm³/mol. The minimum absolute atomic E-state index is 0. The van der Waals surface area contributed by atoms with E-state index in [9.17, 15) is 4.79 Å². The molecule has 0 unspecified atom stereocenters. The first-order valence-electron chi connectivity index (χ1n) is 9.10. The third-order valence-corrected chi connectivity index (χ3v) is 4.85. The Morgan fingerprint density at radius 3 is 2.54 bits per heavy atom. The molecule has 148 valence electrons. The number of nitrogens with zero attached hydrogens (tertiary/aromatic N) is 3. The second kappa shape index (κ2) is 11.6. The van der Waals surface area contributed by atoms with E-state index in [1.54, 1.807) is 6.20 Å². The van der Waals surface area contributed by atoms with E-state index in [4.69, 9.17) is 10.5 Å². The van der Waals surface area contributed by atoms with Crippen LogP contribution < -0.4 is 10.6 Å². The van der Waals surface area contributed by atoms with Gasteiger partial charge in [-0.15, -0.1) is 24.8 Å². The van der Waals surface area contributed by atoms with E-state index in [0.717, 1.165) is 63.4 Å². The van der Waals surface area contributed by atoms with E-state index in [2.05, 4.69) is 9.88 Å². The van der Waals surface area contributed by atoms with Gasteiger partial charge in [0.15, 0.2) is 0 Å². The van der Waals surface area contributed by atoms with Crippen LogP contribution in [0.5, 0.6) is 0 Å². The normalized spacial score (nSPS) is 17.6. The number of piperidine rings is 1. The Bertz CT molecular complexity index is 548. The van der Waals surface area contributed by atoms with Crippen LogP contribution >= 0.6 is 24.8 Å². The summed E-state index contributed by atoms with van der Waals surface area (Å²) in [6.07, 6.45) is 7.08. The van der Waals surface area contributed by atoms with Crippen LogP contribution in [0.3, 0.4) is 0 Å². The monoisotopic (exact) mass is 404 g/mol. The number of amides is 1. The number of nitrogens with two attached hydrogens (primary N) is 1. The topological polar surface area (TPSA) is 71.7 Å². The van der Waals surface area contributed by atoms with Crippen LogP contribution in [0.2, 0.25) is 0 Å². The second-order valence-corrected chi connectivity index (χ2v) is 6.57. The van der Waals surface area contributed by atoms with Gasteiger partial charge in [-0.05, 0) is 50.8 Å². The highest BCUT2D eigenvalue weighted by Gasteiger charge is 2.27. The highest BCUT2D eigenvalue weighted by atomic mass is 35.5. The molecule has 0 spiro atoms. The maximum absolute atomic E-state index is 12.9. The van der Waals surface area contributed by atoms with Gasteiger partial charge < -0.3 is 20.3 Å². The van der Waals surface area contributed by atoms with Crippen molar-refractivity contribution in [2.24, 2.45) is 5.73 Å². The van der Waals surface area contributed by atoms with E-state index in [1.165, 1.54) is 12.8 Å². The summed E-state index contributed by atoms with van der Waals surface area (Å²) >= 11 is 0. The number of carbonyl (C=O) groups is 1. The first-order valence-corrected chi connectivity index (χ1v) is 9.10. The van der Waals surface area contributed by atoms with Crippen molar-refractivity contribution in [1.82, 2.24) is 9.88 Å². The fourth-order valence-corrected chi connectivity index (χ4v) is 3.47. The van der Waals surface area contributed by atoms with Crippen molar-refractivity contribution in [3.05, 3.63) is 23.9 Å². The molecule has 0 saturated carbocycles. The number of carbonyl (C=O) groups excluding carboxylic acids is 1. The summed E-state index contributed by atoms with van der Waals surface area (Å²) < 4.78 is 5.82. The molecule has 0 atom stereocenters. The summed E-state index contributed by atoms with van der Waals surface area (Å²) in [6.45, 7) is 4.87. The third-order valence-electron chi connectivity index (χ3n) is 4.85. The van der Waals surface area contributed by atoms with Gasteiger partial charge in [-0.25, -0.2) is 4.98 Å². The molecule has 2 saturated heterocycles. The van der Waals surface area contributed by atoms with Crippen molar-refractivity contribution in [3.8, 4) is 0 Å². The van der Waals surface area contributed by atoms with Crippen molar-refractivity contribution in [2.75, 3.05) is 44.2 Å². The molecule has 0 bridgehead atoms. The summed E-state index contributed by atoms with van der Waals surface area (Å²) in [5.41, 5.74) is 6.23. The van der Waals surface area contributed by atoms with Gasteiger partial charge in [0.25, 0.3) is 5.91 Å². The zero-order valence-electron chi connectivity index (χ0n) is 15.1. The summed E-state index contributed by atoms with van der Waals surface area (Å²) in [7, 11) is 0. The number of aromatic nitrogens is 1. The van der Waals surface area contributed by atoms with Gasteiger partial charge in [0.05, 0.1) is 11.7 Å². The number of anilines is 1. The first-order chi connectivity index (χ1) is 11.8. The number of ether oxygens (including phenoxy) is 1. The molecule has 2 fully saturated rings. The van der Waals surface area contributed by atoms with Gasteiger partial charge in [0, 0.05) is 39.0 Å². The lowest BCUT2D eigenvalue weighted by atomic mass is 10.1. The highest BCUT2D eigenvalue weighted by Crippen LogP contribution is 2.24. The van der Waals surface area contributed by atoms with E-state index >= 15 is 0 Å². The minimum atomic E-state index is 0. The quantitative estimate of drug-likeness (QED) is 0.737. The Labute approximate surface area is 168 Å². The Morgan fingerprint density at radius 2 is 1.88 bits per heavy atom. The lowest BCUT2D eigenvalue weighted by Gasteiger charge is -2.32. The van der Waals surface area contributed by atoms with Crippen molar-refractivity contribution in [3.63, 3.8) is 0 Å². The van der Waals surface area contributed by atoms with Crippen LogP contribution in [-0.4, -0.2) is 61.2 Å². The first kappa shape index (κ1) is 23.0. The van der Waals surface area contributed by atoms with Crippen molar-refractivity contribution in [1.29, 1.82) is 0 Å². The van der Waals surface area contributed by atoms with Crippen molar-refractivity contribution >= 4 is 36.5 Å². The summed E-state index contributed by atoms with van der Waals surface area (Å²) in [5.74, 6) is 0.951. The number of pyridine rings is 1. The fourth-order valence-electron chi connectivity index (χ4n) is 3.47. The van der Waals surface area contributed by atoms with Gasteiger partial charge in [-0.3, -0.25) is 4.79 Å². The molecule has 0 aliphatic carbocycles. The number of hydrogen-bond acceptors (Lipinski definition) is 5. The molecule has 26 heavy (non-hydrogen) atoms. The molecule has 2 N–H and O–H groups in total. The van der Waals surface area contributed by atoms with Gasteiger partial charge in [0.1, 0.15) is 5.82 Å². The van der Waals surface area contributed by atoms with Gasteiger partial charge in [0.2, 0.25) is 0 Å². The van der Waals surface area contributed by atoms with E-state index in [0.29, 0.717) is 6.54 Å².